The van der Waals surface area contributed by atoms with Crippen molar-refractivity contribution in [1.29, 1.82) is 0 Å². The molecule has 0 spiro atoms. The summed E-state index contributed by atoms with van der Waals surface area (Å²) < 4.78 is 4.87. The highest BCUT2D eigenvalue weighted by Gasteiger charge is 2.31. The molecule has 1 aliphatic carbocycles. The molecule has 1 fully saturated rings. The molecule has 0 amide bonds. The monoisotopic (exact) mass is 283 g/mol. The average Bonchev–Trinajstić information content (AvgIpc) is 2.71. The average molecular weight is 283 g/mol. The molecule has 2 heteroatoms. The third kappa shape index (κ3) is 2.41. The standard InChI is InChI=1S/C19H27N2/c1-14-10-8-9-13-18(14)21-15(2)19(20(4)16(21)3)17-11-6-5-7-12-17/h8-10,13,17H,5-7,11-12H2,1-4H3/q+1. The zero-order chi connectivity index (χ0) is 15.0. The number of nitrogens with zero attached hydrogens (tertiary/aromatic N) is 2. The Morgan fingerprint density at radius 3 is 2.33 bits per heavy atom. The molecule has 1 heterocycles. The van der Waals surface area contributed by atoms with Gasteiger partial charge in [-0.25, -0.2) is 4.57 Å². The number of benzene rings is 1. The third-order valence-electron chi connectivity index (χ3n) is 5.22. The molecule has 3 rings (SSSR count). The number of hydrogen-bond acceptors (Lipinski definition) is 0. The van der Waals surface area contributed by atoms with Gasteiger partial charge in [0.1, 0.15) is 17.1 Å². The van der Waals surface area contributed by atoms with E-state index in [0.29, 0.717) is 0 Å². The molecule has 1 aliphatic rings. The van der Waals surface area contributed by atoms with Crippen LogP contribution in [0.15, 0.2) is 24.3 Å². The van der Waals surface area contributed by atoms with E-state index in [9.17, 15) is 0 Å². The van der Waals surface area contributed by atoms with Crippen LogP contribution in [0.5, 0.6) is 0 Å². The number of aromatic nitrogens is 2. The van der Waals surface area contributed by atoms with Crippen molar-refractivity contribution in [2.75, 3.05) is 0 Å². The maximum Gasteiger partial charge on any atom is 0.258 e. The van der Waals surface area contributed by atoms with Crippen LogP contribution in [-0.2, 0) is 7.05 Å². The molecule has 0 radical (unpaired) electrons. The van der Waals surface area contributed by atoms with Crippen LogP contribution in [0.4, 0.5) is 0 Å². The Morgan fingerprint density at radius 1 is 1.00 bits per heavy atom. The Kier molecular flexibility index (Phi) is 3.88. The fourth-order valence-corrected chi connectivity index (χ4v) is 4.04. The third-order valence-corrected chi connectivity index (χ3v) is 5.22. The van der Waals surface area contributed by atoms with Gasteiger partial charge in [0, 0.05) is 19.8 Å². The number of hydrogen-bond donors (Lipinski definition) is 0. The van der Waals surface area contributed by atoms with E-state index in [0.717, 1.165) is 5.92 Å². The van der Waals surface area contributed by atoms with E-state index >= 15 is 0 Å². The van der Waals surface area contributed by atoms with E-state index in [4.69, 9.17) is 0 Å². The van der Waals surface area contributed by atoms with Crippen molar-refractivity contribution < 1.29 is 4.57 Å². The van der Waals surface area contributed by atoms with Crippen molar-refractivity contribution >= 4 is 0 Å². The highest BCUT2D eigenvalue weighted by atomic mass is 15.2. The van der Waals surface area contributed by atoms with E-state index in [1.807, 2.05) is 0 Å². The van der Waals surface area contributed by atoms with Crippen LogP contribution in [-0.4, -0.2) is 4.57 Å². The SMILES string of the molecule is Cc1ccccc1-n1c(C)c(C2CCCCC2)[n+](C)c1C. The van der Waals surface area contributed by atoms with E-state index in [1.54, 1.807) is 5.69 Å². The van der Waals surface area contributed by atoms with Crippen LogP contribution < -0.4 is 4.57 Å². The van der Waals surface area contributed by atoms with Gasteiger partial charge in [0.15, 0.2) is 0 Å². The van der Waals surface area contributed by atoms with E-state index < -0.39 is 0 Å². The number of imidazole rings is 1. The highest BCUT2D eigenvalue weighted by Crippen LogP contribution is 2.34. The lowest BCUT2D eigenvalue weighted by Crippen LogP contribution is -2.36. The minimum Gasteiger partial charge on any atom is -0.234 e. The predicted octanol–water partition coefficient (Wildman–Crippen LogP) is 4.27. The Hall–Kier alpha value is -1.57. The van der Waals surface area contributed by atoms with Crippen LogP contribution in [0.3, 0.4) is 0 Å². The first-order valence-corrected chi connectivity index (χ1v) is 8.25. The second-order valence-corrected chi connectivity index (χ2v) is 6.53. The molecule has 1 aromatic carbocycles. The Labute approximate surface area is 128 Å². The largest absolute Gasteiger partial charge is 0.258 e. The van der Waals surface area contributed by atoms with Crippen LogP contribution in [0.25, 0.3) is 5.69 Å². The summed E-state index contributed by atoms with van der Waals surface area (Å²) in [6, 6.07) is 8.70. The fourth-order valence-electron chi connectivity index (χ4n) is 4.04. The van der Waals surface area contributed by atoms with Gasteiger partial charge in [-0.2, -0.15) is 4.57 Å². The van der Waals surface area contributed by atoms with Crippen LogP contribution in [0.1, 0.15) is 60.8 Å². The van der Waals surface area contributed by atoms with Crippen molar-refractivity contribution in [2.24, 2.45) is 7.05 Å². The van der Waals surface area contributed by atoms with Crippen molar-refractivity contribution in [3.8, 4) is 5.69 Å². The lowest BCUT2D eigenvalue weighted by atomic mass is 9.86. The molecule has 0 N–H and O–H groups in total. The van der Waals surface area contributed by atoms with E-state index in [2.05, 4.69) is 61.2 Å². The highest BCUT2D eigenvalue weighted by molar-refractivity contribution is 5.42. The van der Waals surface area contributed by atoms with Gasteiger partial charge < -0.3 is 0 Å². The second-order valence-electron chi connectivity index (χ2n) is 6.53. The molecular weight excluding hydrogens is 256 g/mol. The van der Waals surface area contributed by atoms with Crippen LogP contribution in [0, 0.1) is 20.8 Å². The van der Waals surface area contributed by atoms with Gasteiger partial charge in [-0.3, -0.25) is 0 Å². The smallest absolute Gasteiger partial charge is 0.234 e. The summed E-state index contributed by atoms with van der Waals surface area (Å²) in [5.74, 6) is 2.08. The first kappa shape index (κ1) is 14.4. The molecule has 0 aliphatic heterocycles. The Balaban J connectivity index is 2.13. The number of rotatable bonds is 2. The second kappa shape index (κ2) is 5.67. The van der Waals surface area contributed by atoms with Gasteiger partial charge in [-0.1, -0.05) is 37.5 Å². The quantitative estimate of drug-likeness (QED) is 0.728. The maximum atomic E-state index is 2.44. The lowest BCUT2D eigenvalue weighted by Gasteiger charge is -2.19. The molecule has 2 aromatic rings. The Morgan fingerprint density at radius 2 is 1.67 bits per heavy atom. The lowest BCUT2D eigenvalue weighted by molar-refractivity contribution is -0.686. The molecule has 0 unspecified atom stereocenters. The van der Waals surface area contributed by atoms with Gasteiger partial charge in [-0.15, -0.1) is 0 Å². The predicted molar refractivity (Wildman–Crippen MR) is 87.0 cm³/mol. The maximum absolute atomic E-state index is 2.44. The summed E-state index contributed by atoms with van der Waals surface area (Å²) in [6.45, 7) is 6.74. The van der Waals surface area contributed by atoms with Crippen molar-refractivity contribution in [3.63, 3.8) is 0 Å². The van der Waals surface area contributed by atoms with Gasteiger partial charge >= 0.3 is 0 Å². The Bertz CT molecular complexity index is 646. The van der Waals surface area contributed by atoms with Crippen molar-refractivity contribution in [2.45, 2.75) is 58.8 Å². The van der Waals surface area contributed by atoms with E-state index in [1.165, 1.54) is 54.9 Å². The molecular formula is C19H27N2+. The summed E-state index contributed by atoms with van der Waals surface area (Å²) in [7, 11) is 2.24. The molecule has 0 atom stereocenters. The molecule has 0 saturated heterocycles. The summed E-state index contributed by atoms with van der Waals surface area (Å²) in [6.07, 6.45) is 6.89. The molecule has 112 valence electrons. The van der Waals surface area contributed by atoms with Gasteiger partial charge in [0.05, 0.1) is 7.05 Å². The number of para-hydroxylation sites is 1. The molecule has 21 heavy (non-hydrogen) atoms. The van der Waals surface area contributed by atoms with Crippen LogP contribution >= 0.6 is 0 Å². The molecule has 2 nitrogen and oxygen atoms in total. The fraction of sp³-hybridized carbons (Fsp3) is 0.526. The molecule has 1 saturated carbocycles. The summed E-state index contributed by atoms with van der Waals surface area (Å²) in [4.78, 5) is 0. The normalized spacial score (nSPS) is 16.4. The molecule has 1 aromatic heterocycles. The summed E-state index contributed by atoms with van der Waals surface area (Å²) >= 11 is 0. The first-order chi connectivity index (χ1) is 10.1. The van der Waals surface area contributed by atoms with Gasteiger partial charge in [-0.05, 0) is 31.4 Å². The van der Waals surface area contributed by atoms with Gasteiger partial charge in [0.25, 0.3) is 5.82 Å². The minimum atomic E-state index is 0.743. The first-order valence-electron chi connectivity index (χ1n) is 8.25. The zero-order valence-electron chi connectivity index (χ0n) is 13.8. The van der Waals surface area contributed by atoms with Crippen molar-refractivity contribution in [3.05, 3.63) is 47.0 Å². The van der Waals surface area contributed by atoms with E-state index in [-0.39, 0.29) is 0 Å². The van der Waals surface area contributed by atoms with Crippen molar-refractivity contribution in [1.82, 2.24) is 4.57 Å². The zero-order valence-corrected chi connectivity index (χ0v) is 13.8. The van der Waals surface area contributed by atoms with Crippen LogP contribution in [0.2, 0.25) is 0 Å². The number of aryl methyl sites for hydroxylation is 1. The van der Waals surface area contributed by atoms with Gasteiger partial charge in [0.2, 0.25) is 0 Å². The molecule has 0 bridgehead atoms. The summed E-state index contributed by atoms with van der Waals surface area (Å²) in [5.41, 5.74) is 5.64. The topological polar surface area (TPSA) is 8.81 Å². The minimum absolute atomic E-state index is 0.743. The summed E-state index contributed by atoms with van der Waals surface area (Å²) in [5, 5.41) is 0.